The predicted molar refractivity (Wildman–Crippen MR) is 54.1 cm³/mol. The van der Waals surface area contributed by atoms with E-state index in [1.807, 2.05) is 30.3 Å². The van der Waals surface area contributed by atoms with Gasteiger partial charge in [0.2, 0.25) is 0 Å². The van der Waals surface area contributed by atoms with Gasteiger partial charge in [-0.05, 0) is 5.56 Å². The van der Waals surface area contributed by atoms with Gasteiger partial charge in [-0.25, -0.2) is 4.39 Å². The number of ether oxygens (including phenoxy) is 1. The Kier molecular flexibility index (Phi) is 3.11. The van der Waals surface area contributed by atoms with Crippen molar-refractivity contribution in [2.45, 2.75) is 19.2 Å². The maximum absolute atomic E-state index is 12.9. The molecule has 1 aliphatic carbocycles. The topological polar surface area (TPSA) is 26.3 Å². The molecule has 0 unspecified atom stereocenters. The Morgan fingerprint density at radius 3 is 2.67 bits per heavy atom. The highest BCUT2D eigenvalue weighted by atomic mass is 19.1. The SMILES string of the molecule is O=C1C[C@H](COCc2ccccc2)[C@H]1F. The molecular formula is C12H13FO2. The molecule has 2 nitrogen and oxygen atoms in total. The molecule has 1 aromatic carbocycles. The van der Waals surface area contributed by atoms with Gasteiger partial charge in [0.1, 0.15) is 0 Å². The van der Waals surface area contributed by atoms with Crippen LogP contribution in [0.3, 0.4) is 0 Å². The Morgan fingerprint density at radius 2 is 2.07 bits per heavy atom. The van der Waals surface area contributed by atoms with Crippen LogP contribution >= 0.6 is 0 Å². The Balaban J connectivity index is 1.70. The van der Waals surface area contributed by atoms with Crippen LogP contribution < -0.4 is 0 Å². The third-order valence-corrected chi connectivity index (χ3v) is 2.63. The summed E-state index contributed by atoms with van der Waals surface area (Å²) in [6.45, 7) is 0.819. The molecule has 0 aromatic heterocycles. The first kappa shape index (κ1) is 10.3. The van der Waals surface area contributed by atoms with Crippen molar-refractivity contribution in [3.63, 3.8) is 0 Å². The van der Waals surface area contributed by atoms with Gasteiger partial charge in [0.15, 0.2) is 12.0 Å². The average Bonchev–Trinajstić information content (AvgIpc) is 2.29. The molecule has 2 atom stereocenters. The van der Waals surface area contributed by atoms with Crippen LogP contribution in [-0.2, 0) is 16.1 Å². The third kappa shape index (κ3) is 2.42. The summed E-state index contributed by atoms with van der Waals surface area (Å²) in [4.78, 5) is 10.6. The molecule has 1 fully saturated rings. The smallest absolute Gasteiger partial charge is 0.167 e. The van der Waals surface area contributed by atoms with Crippen molar-refractivity contribution in [2.75, 3.05) is 6.61 Å². The predicted octanol–water partition coefficient (Wildman–Crippen LogP) is 2.13. The standard InChI is InChI=1S/C12H13FO2/c13-12-10(6-11(12)14)8-15-7-9-4-2-1-3-5-9/h1-5,10,12H,6-8H2/t10-,12-/m1/s1. The van der Waals surface area contributed by atoms with E-state index in [2.05, 4.69) is 0 Å². The molecule has 1 aliphatic rings. The van der Waals surface area contributed by atoms with E-state index in [4.69, 9.17) is 4.74 Å². The van der Waals surface area contributed by atoms with Crippen LogP contribution in [0.1, 0.15) is 12.0 Å². The fourth-order valence-corrected chi connectivity index (χ4v) is 1.62. The van der Waals surface area contributed by atoms with E-state index in [1.165, 1.54) is 0 Å². The highest BCUT2D eigenvalue weighted by Gasteiger charge is 2.39. The lowest BCUT2D eigenvalue weighted by molar-refractivity contribution is -0.138. The second-order valence-corrected chi connectivity index (χ2v) is 3.83. The summed E-state index contributed by atoms with van der Waals surface area (Å²) >= 11 is 0. The molecule has 0 amide bonds. The van der Waals surface area contributed by atoms with E-state index in [0.717, 1.165) is 5.56 Å². The Morgan fingerprint density at radius 1 is 1.33 bits per heavy atom. The number of alkyl halides is 1. The van der Waals surface area contributed by atoms with Gasteiger partial charge in [0, 0.05) is 12.3 Å². The number of hydrogen-bond acceptors (Lipinski definition) is 2. The van der Waals surface area contributed by atoms with Gasteiger partial charge in [0.05, 0.1) is 13.2 Å². The molecule has 1 saturated carbocycles. The highest BCUT2D eigenvalue weighted by molar-refractivity contribution is 5.89. The number of halogens is 1. The maximum atomic E-state index is 12.9. The van der Waals surface area contributed by atoms with E-state index < -0.39 is 6.17 Å². The minimum Gasteiger partial charge on any atom is -0.376 e. The molecule has 0 radical (unpaired) electrons. The lowest BCUT2D eigenvalue weighted by Crippen LogP contribution is -2.41. The zero-order chi connectivity index (χ0) is 10.7. The number of ketones is 1. The molecule has 2 rings (SSSR count). The van der Waals surface area contributed by atoms with Gasteiger partial charge >= 0.3 is 0 Å². The van der Waals surface area contributed by atoms with Crippen molar-refractivity contribution in [2.24, 2.45) is 5.92 Å². The van der Waals surface area contributed by atoms with Gasteiger partial charge in [0.25, 0.3) is 0 Å². The number of carbonyl (C=O) groups is 1. The lowest BCUT2D eigenvalue weighted by atomic mass is 9.82. The zero-order valence-corrected chi connectivity index (χ0v) is 8.36. The van der Waals surface area contributed by atoms with Gasteiger partial charge < -0.3 is 4.74 Å². The van der Waals surface area contributed by atoms with E-state index in [9.17, 15) is 9.18 Å². The minimum absolute atomic E-state index is 0.221. The summed E-state index contributed by atoms with van der Waals surface area (Å²) < 4.78 is 18.2. The monoisotopic (exact) mass is 208 g/mol. The molecule has 15 heavy (non-hydrogen) atoms. The van der Waals surface area contributed by atoms with E-state index in [-0.39, 0.29) is 11.7 Å². The summed E-state index contributed by atoms with van der Waals surface area (Å²) in [7, 11) is 0. The molecule has 0 heterocycles. The largest absolute Gasteiger partial charge is 0.376 e. The van der Waals surface area contributed by atoms with Crippen molar-refractivity contribution in [1.29, 1.82) is 0 Å². The number of Topliss-reactive ketones (excluding diaryl/α,β-unsaturated/α-hetero) is 1. The Bertz CT molecular complexity index is 337. The van der Waals surface area contributed by atoms with Gasteiger partial charge in [-0.1, -0.05) is 30.3 Å². The molecule has 3 heteroatoms. The van der Waals surface area contributed by atoms with Crippen LogP contribution in [-0.4, -0.2) is 18.6 Å². The quantitative estimate of drug-likeness (QED) is 0.757. The van der Waals surface area contributed by atoms with Crippen LogP contribution in [0, 0.1) is 5.92 Å². The van der Waals surface area contributed by atoms with Crippen LogP contribution in [0.4, 0.5) is 4.39 Å². The molecular weight excluding hydrogens is 195 g/mol. The number of benzene rings is 1. The average molecular weight is 208 g/mol. The van der Waals surface area contributed by atoms with E-state index >= 15 is 0 Å². The fraction of sp³-hybridized carbons (Fsp3) is 0.417. The molecule has 80 valence electrons. The maximum Gasteiger partial charge on any atom is 0.167 e. The van der Waals surface area contributed by atoms with Crippen LogP contribution in [0.2, 0.25) is 0 Å². The highest BCUT2D eigenvalue weighted by Crippen LogP contribution is 2.27. The van der Waals surface area contributed by atoms with Crippen molar-refractivity contribution in [3.8, 4) is 0 Å². The fourth-order valence-electron chi connectivity index (χ4n) is 1.62. The van der Waals surface area contributed by atoms with Gasteiger partial charge in [-0.3, -0.25) is 4.79 Å². The molecule has 0 N–H and O–H groups in total. The summed E-state index contributed by atoms with van der Waals surface area (Å²) in [6.07, 6.45) is -0.962. The number of rotatable bonds is 4. The zero-order valence-electron chi connectivity index (χ0n) is 8.36. The molecule has 0 saturated heterocycles. The van der Waals surface area contributed by atoms with Crippen LogP contribution in [0.15, 0.2) is 30.3 Å². The minimum atomic E-state index is -1.29. The van der Waals surface area contributed by atoms with Crippen LogP contribution in [0.25, 0.3) is 0 Å². The summed E-state index contributed by atoms with van der Waals surface area (Å²) in [5.41, 5.74) is 1.07. The van der Waals surface area contributed by atoms with Gasteiger partial charge in [-0.15, -0.1) is 0 Å². The normalized spacial score (nSPS) is 25.0. The molecule has 1 aromatic rings. The third-order valence-electron chi connectivity index (χ3n) is 2.63. The van der Waals surface area contributed by atoms with Crippen molar-refractivity contribution in [3.05, 3.63) is 35.9 Å². The van der Waals surface area contributed by atoms with E-state index in [0.29, 0.717) is 19.6 Å². The molecule has 0 spiro atoms. The first-order chi connectivity index (χ1) is 7.27. The Hall–Kier alpha value is -1.22. The van der Waals surface area contributed by atoms with Crippen molar-refractivity contribution in [1.82, 2.24) is 0 Å². The van der Waals surface area contributed by atoms with Crippen LogP contribution in [0.5, 0.6) is 0 Å². The second-order valence-electron chi connectivity index (χ2n) is 3.83. The number of carbonyl (C=O) groups excluding carboxylic acids is 1. The molecule has 0 bridgehead atoms. The second kappa shape index (κ2) is 4.53. The lowest BCUT2D eigenvalue weighted by Gasteiger charge is -2.28. The first-order valence-electron chi connectivity index (χ1n) is 5.06. The van der Waals surface area contributed by atoms with E-state index in [1.54, 1.807) is 0 Å². The van der Waals surface area contributed by atoms with Crippen molar-refractivity contribution < 1.29 is 13.9 Å². The van der Waals surface area contributed by atoms with Gasteiger partial charge in [-0.2, -0.15) is 0 Å². The summed E-state index contributed by atoms with van der Waals surface area (Å²) in [5, 5.41) is 0. The summed E-state index contributed by atoms with van der Waals surface area (Å²) in [5.74, 6) is -0.510. The molecule has 0 aliphatic heterocycles. The number of hydrogen-bond donors (Lipinski definition) is 0. The van der Waals surface area contributed by atoms with Crippen molar-refractivity contribution >= 4 is 5.78 Å². The first-order valence-corrected chi connectivity index (χ1v) is 5.06. The Labute approximate surface area is 88.1 Å². The summed E-state index contributed by atoms with van der Waals surface area (Å²) in [6, 6.07) is 9.72.